The summed E-state index contributed by atoms with van der Waals surface area (Å²) in [6.45, 7) is 0. The third-order valence-corrected chi connectivity index (χ3v) is 4.80. The molecule has 96 valence electrons. The molecule has 3 rings (SSSR count). The van der Waals surface area contributed by atoms with Gasteiger partial charge >= 0.3 is 0 Å². The van der Waals surface area contributed by atoms with Crippen LogP contribution in [0.2, 0.25) is 0 Å². The number of carbonyl (C=O) groups is 2. The van der Waals surface area contributed by atoms with Gasteiger partial charge in [0.15, 0.2) is 0 Å². The van der Waals surface area contributed by atoms with E-state index in [1.807, 2.05) is 29.6 Å². The summed E-state index contributed by atoms with van der Waals surface area (Å²) in [5, 5.41) is 1.58. The summed E-state index contributed by atoms with van der Waals surface area (Å²) in [4.78, 5) is 24.3. The smallest absolute Gasteiger partial charge is 0.232 e. The standard InChI is InChI=1S/C15H11ClO2S/c16-14(18)15(7-8-15)11-5-3-10(4-6-11)13(17)12-2-1-9-19-12/h1-6,9H,7-8H2. The number of benzene rings is 1. The number of halogens is 1. The monoisotopic (exact) mass is 290 g/mol. The van der Waals surface area contributed by atoms with Crippen molar-refractivity contribution in [2.24, 2.45) is 0 Å². The molecular weight excluding hydrogens is 280 g/mol. The van der Waals surface area contributed by atoms with E-state index < -0.39 is 5.41 Å². The average Bonchev–Trinajstić information content (AvgIpc) is 3.07. The summed E-state index contributed by atoms with van der Waals surface area (Å²) in [6, 6.07) is 10.9. The highest BCUT2D eigenvalue weighted by Crippen LogP contribution is 2.49. The highest BCUT2D eigenvalue weighted by molar-refractivity contribution is 7.12. The molecule has 0 amide bonds. The van der Waals surface area contributed by atoms with Crippen LogP contribution in [-0.4, -0.2) is 11.0 Å². The average molecular weight is 291 g/mol. The molecule has 0 spiro atoms. The SMILES string of the molecule is O=C(c1ccc(C2(C(=O)Cl)CC2)cc1)c1cccs1. The molecule has 0 radical (unpaired) electrons. The lowest BCUT2D eigenvalue weighted by atomic mass is 9.95. The highest BCUT2D eigenvalue weighted by atomic mass is 35.5. The molecule has 2 nitrogen and oxygen atoms in total. The normalized spacial score (nSPS) is 16.1. The van der Waals surface area contributed by atoms with Crippen molar-refractivity contribution in [3.05, 3.63) is 57.8 Å². The number of thiophene rings is 1. The third-order valence-electron chi connectivity index (χ3n) is 3.57. The van der Waals surface area contributed by atoms with E-state index >= 15 is 0 Å². The van der Waals surface area contributed by atoms with Gasteiger partial charge in [0.05, 0.1) is 10.3 Å². The van der Waals surface area contributed by atoms with Crippen molar-refractivity contribution >= 4 is 34.0 Å². The Bertz CT molecular complexity index is 625. The molecular formula is C15H11ClO2S. The van der Waals surface area contributed by atoms with Gasteiger partial charge in [-0.3, -0.25) is 9.59 Å². The quantitative estimate of drug-likeness (QED) is 0.634. The van der Waals surface area contributed by atoms with E-state index in [1.54, 1.807) is 12.1 Å². The first-order valence-corrected chi connectivity index (χ1v) is 7.28. The first kappa shape index (κ1) is 12.6. The van der Waals surface area contributed by atoms with Crippen LogP contribution in [0.15, 0.2) is 41.8 Å². The molecule has 1 fully saturated rings. The molecule has 2 aromatic rings. The Kier molecular flexibility index (Phi) is 3.03. The number of rotatable bonds is 4. The lowest BCUT2D eigenvalue weighted by Gasteiger charge is -2.10. The van der Waals surface area contributed by atoms with E-state index in [1.165, 1.54) is 11.3 Å². The number of hydrogen-bond donors (Lipinski definition) is 0. The molecule has 1 aromatic heterocycles. The van der Waals surface area contributed by atoms with E-state index in [9.17, 15) is 9.59 Å². The molecule has 0 N–H and O–H groups in total. The largest absolute Gasteiger partial charge is 0.288 e. The molecule has 0 aliphatic heterocycles. The molecule has 0 saturated heterocycles. The van der Waals surface area contributed by atoms with Crippen LogP contribution in [0.5, 0.6) is 0 Å². The Morgan fingerprint density at radius 3 is 2.26 bits per heavy atom. The van der Waals surface area contributed by atoms with E-state index in [0.717, 1.165) is 23.3 Å². The van der Waals surface area contributed by atoms with Gasteiger partial charge in [-0.15, -0.1) is 11.3 Å². The van der Waals surface area contributed by atoms with Crippen LogP contribution in [0.3, 0.4) is 0 Å². The van der Waals surface area contributed by atoms with Crippen LogP contribution in [-0.2, 0) is 10.2 Å². The highest BCUT2D eigenvalue weighted by Gasteiger charge is 2.50. The Morgan fingerprint density at radius 1 is 1.11 bits per heavy atom. The van der Waals surface area contributed by atoms with Gasteiger partial charge in [-0.1, -0.05) is 30.3 Å². The van der Waals surface area contributed by atoms with E-state index in [-0.39, 0.29) is 11.0 Å². The second-order valence-corrected chi connectivity index (χ2v) is 6.03. The van der Waals surface area contributed by atoms with Gasteiger partial charge in [0.2, 0.25) is 11.0 Å². The molecule has 1 aromatic carbocycles. The lowest BCUT2D eigenvalue weighted by Crippen LogP contribution is -2.14. The van der Waals surface area contributed by atoms with Gasteiger partial charge < -0.3 is 0 Å². The zero-order valence-corrected chi connectivity index (χ0v) is 11.6. The molecule has 4 heteroatoms. The minimum Gasteiger partial charge on any atom is -0.288 e. The van der Waals surface area contributed by atoms with Crippen LogP contribution in [0, 0.1) is 0 Å². The van der Waals surface area contributed by atoms with Gasteiger partial charge in [0, 0.05) is 5.56 Å². The van der Waals surface area contributed by atoms with Crippen LogP contribution in [0.25, 0.3) is 0 Å². The second-order valence-electron chi connectivity index (χ2n) is 4.74. The number of hydrogen-bond acceptors (Lipinski definition) is 3. The first-order chi connectivity index (χ1) is 9.13. The van der Waals surface area contributed by atoms with Gasteiger partial charge in [-0.25, -0.2) is 0 Å². The first-order valence-electron chi connectivity index (χ1n) is 6.02. The molecule has 0 unspecified atom stereocenters. The Hall–Kier alpha value is -1.45. The number of ketones is 1. The maximum absolute atomic E-state index is 12.1. The van der Waals surface area contributed by atoms with Gasteiger partial charge in [0.1, 0.15) is 0 Å². The molecule has 19 heavy (non-hydrogen) atoms. The Morgan fingerprint density at radius 2 is 1.79 bits per heavy atom. The van der Waals surface area contributed by atoms with Gasteiger partial charge in [-0.05, 0) is 41.5 Å². The summed E-state index contributed by atoms with van der Waals surface area (Å²) in [6.07, 6.45) is 1.60. The Balaban J connectivity index is 1.88. The zero-order valence-electron chi connectivity index (χ0n) is 10.1. The van der Waals surface area contributed by atoms with Crippen molar-refractivity contribution < 1.29 is 9.59 Å². The third kappa shape index (κ3) is 2.13. The Labute approximate surface area is 120 Å². The molecule has 1 aliphatic rings. The fourth-order valence-electron chi connectivity index (χ4n) is 2.21. The topological polar surface area (TPSA) is 34.1 Å². The van der Waals surface area contributed by atoms with Crippen molar-refractivity contribution in [3.8, 4) is 0 Å². The van der Waals surface area contributed by atoms with Crippen LogP contribution >= 0.6 is 22.9 Å². The minimum atomic E-state index is -0.494. The van der Waals surface area contributed by atoms with E-state index in [0.29, 0.717) is 5.56 Å². The van der Waals surface area contributed by atoms with Gasteiger partial charge in [-0.2, -0.15) is 0 Å². The summed E-state index contributed by atoms with van der Waals surface area (Å²) in [7, 11) is 0. The lowest BCUT2D eigenvalue weighted by molar-refractivity contribution is -0.113. The van der Waals surface area contributed by atoms with Crippen LogP contribution < -0.4 is 0 Å². The van der Waals surface area contributed by atoms with Crippen molar-refractivity contribution in [1.29, 1.82) is 0 Å². The van der Waals surface area contributed by atoms with Crippen molar-refractivity contribution in [2.45, 2.75) is 18.3 Å². The maximum atomic E-state index is 12.1. The summed E-state index contributed by atoms with van der Waals surface area (Å²) < 4.78 is 0. The predicted octanol–water partition coefficient (Wildman–Crippen LogP) is 3.78. The molecule has 1 aliphatic carbocycles. The van der Waals surface area contributed by atoms with Crippen molar-refractivity contribution in [3.63, 3.8) is 0 Å². The minimum absolute atomic E-state index is 0.0172. The summed E-state index contributed by atoms with van der Waals surface area (Å²) >= 11 is 7.07. The predicted molar refractivity (Wildman–Crippen MR) is 76.0 cm³/mol. The van der Waals surface area contributed by atoms with E-state index in [2.05, 4.69) is 0 Å². The fourth-order valence-corrected chi connectivity index (χ4v) is 3.20. The zero-order chi connectivity index (χ0) is 13.5. The van der Waals surface area contributed by atoms with Crippen LogP contribution in [0.1, 0.15) is 33.6 Å². The molecule has 1 saturated carbocycles. The fraction of sp³-hybridized carbons (Fsp3) is 0.200. The maximum Gasteiger partial charge on any atom is 0.232 e. The summed E-state index contributed by atoms with van der Waals surface area (Å²) in [5.41, 5.74) is 1.06. The molecule has 0 atom stereocenters. The van der Waals surface area contributed by atoms with Crippen molar-refractivity contribution in [2.75, 3.05) is 0 Å². The number of carbonyl (C=O) groups excluding carboxylic acids is 2. The summed E-state index contributed by atoms with van der Waals surface area (Å²) in [5.74, 6) is 0.0172. The second kappa shape index (κ2) is 4.58. The van der Waals surface area contributed by atoms with Gasteiger partial charge in [0.25, 0.3) is 0 Å². The molecule has 0 bridgehead atoms. The molecule has 1 heterocycles. The van der Waals surface area contributed by atoms with Crippen LogP contribution in [0.4, 0.5) is 0 Å². The van der Waals surface area contributed by atoms with Crippen molar-refractivity contribution in [1.82, 2.24) is 0 Å². The van der Waals surface area contributed by atoms with E-state index in [4.69, 9.17) is 11.6 Å².